The van der Waals surface area contributed by atoms with E-state index in [2.05, 4.69) is 0 Å². The third kappa shape index (κ3) is 3.20. The molecule has 6 nitrogen and oxygen atoms in total. The largest absolute Gasteiger partial charge is 0.462 e. The van der Waals surface area contributed by atoms with Gasteiger partial charge >= 0.3 is 0 Å². The molecule has 0 atom stereocenters. The van der Waals surface area contributed by atoms with Crippen molar-refractivity contribution in [3.05, 3.63) is 28.6 Å². The lowest BCUT2D eigenvalue weighted by Gasteiger charge is -2.29. The molecular weight excluding hydrogens is 292 g/mol. The number of rotatable bonds is 3. The van der Waals surface area contributed by atoms with Gasteiger partial charge in [-0.25, -0.2) is 0 Å². The summed E-state index contributed by atoms with van der Waals surface area (Å²) >= 11 is 0.955. The van der Waals surface area contributed by atoms with Gasteiger partial charge < -0.3 is 9.15 Å². The van der Waals surface area contributed by atoms with Gasteiger partial charge in [0.25, 0.3) is 11.1 Å². The fourth-order valence-electron chi connectivity index (χ4n) is 2.22. The Morgan fingerprint density at radius 3 is 2.71 bits per heavy atom. The molecule has 0 saturated carbocycles. The van der Waals surface area contributed by atoms with E-state index in [9.17, 15) is 9.59 Å². The molecule has 2 amide bonds. The molecule has 3 rings (SSSR count). The highest BCUT2D eigenvalue weighted by Gasteiger charge is 2.36. The Bertz CT molecular complexity index is 590. The third-order valence-electron chi connectivity index (χ3n) is 3.35. The summed E-state index contributed by atoms with van der Waals surface area (Å²) in [5.74, 6) is 1.10. The summed E-state index contributed by atoms with van der Waals surface area (Å²) in [4.78, 5) is 28.0. The van der Waals surface area contributed by atoms with Crippen LogP contribution in [0.1, 0.15) is 11.5 Å². The zero-order chi connectivity index (χ0) is 14.8. The molecule has 7 heteroatoms. The van der Waals surface area contributed by atoms with Gasteiger partial charge in [-0.15, -0.1) is 0 Å². The smallest absolute Gasteiger partial charge is 0.294 e. The highest BCUT2D eigenvalue weighted by molar-refractivity contribution is 8.18. The molecular formula is C14H16N2O4S. The van der Waals surface area contributed by atoms with Gasteiger partial charge in [0.1, 0.15) is 11.5 Å². The van der Waals surface area contributed by atoms with Crippen LogP contribution in [0.3, 0.4) is 0 Å². The monoisotopic (exact) mass is 308 g/mol. The van der Waals surface area contributed by atoms with Crippen molar-refractivity contribution >= 4 is 29.0 Å². The van der Waals surface area contributed by atoms with Crippen molar-refractivity contribution in [3.8, 4) is 0 Å². The Balaban J connectivity index is 1.71. The lowest BCUT2D eigenvalue weighted by Crippen LogP contribution is -2.45. The van der Waals surface area contributed by atoms with Crippen molar-refractivity contribution in [2.75, 3.05) is 33.0 Å². The predicted octanol–water partition coefficient (Wildman–Crippen LogP) is 1.91. The number of aryl methyl sites for hydroxylation is 1. The van der Waals surface area contributed by atoms with E-state index in [0.717, 1.165) is 30.6 Å². The number of amides is 2. The van der Waals surface area contributed by atoms with Gasteiger partial charge in [0.2, 0.25) is 0 Å². The zero-order valence-electron chi connectivity index (χ0n) is 11.7. The van der Waals surface area contributed by atoms with Gasteiger partial charge in [-0.05, 0) is 30.8 Å². The number of imide groups is 1. The Hall–Kier alpha value is -1.57. The molecule has 0 unspecified atom stereocenters. The van der Waals surface area contributed by atoms with Gasteiger partial charge in [-0.1, -0.05) is 0 Å². The van der Waals surface area contributed by atoms with Crippen LogP contribution in [0.25, 0.3) is 6.08 Å². The van der Waals surface area contributed by atoms with E-state index in [-0.39, 0.29) is 11.1 Å². The van der Waals surface area contributed by atoms with Crippen LogP contribution in [0.4, 0.5) is 4.79 Å². The highest BCUT2D eigenvalue weighted by atomic mass is 32.2. The topological polar surface area (TPSA) is 63.0 Å². The van der Waals surface area contributed by atoms with Gasteiger partial charge in [-0.3, -0.25) is 19.4 Å². The second-order valence-electron chi connectivity index (χ2n) is 4.93. The Morgan fingerprint density at radius 2 is 2.05 bits per heavy atom. The minimum absolute atomic E-state index is 0.235. The first-order chi connectivity index (χ1) is 10.1. The average Bonchev–Trinajstić information content (AvgIpc) is 2.99. The Morgan fingerprint density at radius 1 is 1.29 bits per heavy atom. The number of hydrogen-bond donors (Lipinski definition) is 0. The molecule has 0 N–H and O–H groups in total. The number of furan rings is 1. The summed E-state index contributed by atoms with van der Waals surface area (Å²) in [6.07, 6.45) is 1.62. The minimum atomic E-state index is -0.259. The number of carbonyl (C=O) groups excluding carboxylic acids is 2. The third-order valence-corrected chi connectivity index (χ3v) is 4.26. The maximum Gasteiger partial charge on any atom is 0.294 e. The number of morpholine rings is 1. The van der Waals surface area contributed by atoms with Gasteiger partial charge in [-0.2, -0.15) is 0 Å². The maximum atomic E-state index is 12.3. The lowest BCUT2D eigenvalue weighted by molar-refractivity contribution is -0.125. The molecule has 2 aliphatic rings. The number of nitrogens with zero attached hydrogens (tertiary/aromatic N) is 2. The van der Waals surface area contributed by atoms with Crippen LogP contribution < -0.4 is 0 Å². The van der Waals surface area contributed by atoms with Crippen LogP contribution in [0, 0.1) is 6.92 Å². The molecule has 0 spiro atoms. The summed E-state index contributed by atoms with van der Waals surface area (Å²) in [5.41, 5.74) is 0. The van der Waals surface area contributed by atoms with E-state index in [0.29, 0.717) is 30.5 Å². The van der Waals surface area contributed by atoms with E-state index >= 15 is 0 Å². The van der Waals surface area contributed by atoms with Gasteiger partial charge in [0, 0.05) is 19.2 Å². The van der Waals surface area contributed by atoms with E-state index in [1.165, 1.54) is 4.90 Å². The summed E-state index contributed by atoms with van der Waals surface area (Å²) in [6.45, 7) is 4.90. The van der Waals surface area contributed by atoms with Crippen molar-refractivity contribution in [1.29, 1.82) is 0 Å². The number of hydrogen-bond acceptors (Lipinski definition) is 6. The normalized spacial score (nSPS) is 22.5. The number of thioether (sulfide) groups is 1. The van der Waals surface area contributed by atoms with Gasteiger partial charge in [0.05, 0.1) is 24.8 Å². The van der Waals surface area contributed by atoms with Crippen molar-refractivity contribution in [2.45, 2.75) is 6.92 Å². The molecule has 0 aliphatic carbocycles. The Labute approximate surface area is 126 Å². The molecule has 3 heterocycles. The molecule has 0 aromatic carbocycles. The fourth-order valence-corrected chi connectivity index (χ4v) is 3.04. The summed E-state index contributed by atoms with van der Waals surface area (Å²) in [6, 6.07) is 3.61. The maximum absolute atomic E-state index is 12.3. The highest BCUT2D eigenvalue weighted by Crippen LogP contribution is 2.32. The van der Waals surface area contributed by atoms with E-state index in [1.54, 1.807) is 12.1 Å². The zero-order valence-corrected chi connectivity index (χ0v) is 12.5. The fraction of sp³-hybridized carbons (Fsp3) is 0.429. The first-order valence-electron chi connectivity index (χ1n) is 6.75. The van der Waals surface area contributed by atoms with Crippen molar-refractivity contribution < 1.29 is 18.7 Å². The molecule has 1 aromatic rings. The standard InChI is InChI=1S/C14H16N2O4S/c1-10-2-3-11(20-10)8-12-13(17)16(14(18)21-12)9-15-4-6-19-7-5-15/h2-3,8H,4-7,9H2,1H3/b12-8+. The van der Waals surface area contributed by atoms with Crippen LogP contribution in [0.2, 0.25) is 0 Å². The van der Waals surface area contributed by atoms with Crippen molar-refractivity contribution in [2.24, 2.45) is 0 Å². The average molecular weight is 308 g/mol. The molecule has 2 aliphatic heterocycles. The molecule has 112 valence electrons. The summed E-state index contributed by atoms with van der Waals surface area (Å²) in [5, 5.41) is -0.235. The molecule has 2 fully saturated rings. The van der Waals surface area contributed by atoms with Crippen LogP contribution in [-0.4, -0.2) is 53.9 Å². The predicted molar refractivity (Wildman–Crippen MR) is 78.5 cm³/mol. The van der Waals surface area contributed by atoms with Crippen LogP contribution in [-0.2, 0) is 9.53 Å². The lowest BCUT2D eigenvalue weighted by atomic mass is 10.3. The van der Waals surface area contributed by atoms with E-state index in [1.807, 2.05) is 17.9 Å². The number of ether oxygens (including phenoxy) is 1. The molecule has 0 bridgehead atoms. The molecule has 0 radical (unpaired) electrons. The number of carbonyl (C=O) groups is 2. The minimum Gasteiger partial charge on any atom is -0.462 e. The van der Waals surface area contributed by atoms with E-state index < -0.39 is 0 Å². The first kappa shape index (κ1) is 14.4. The second-order valence-corrected chi connectivity index (χ2v) is 5.92. The van der Waals surface area contributed by atoms with Crippen molar-refractivity contribution in [1.82, 2.24) is 9.80 Å². The molecule has 2 saturated heterocycles. The second kappa shape index (κ2) is 6.05. The first-order valence-corrected chi connectivity index (χ1v) is 7.57. The molecule has 21 heavy (non-hydrogen) atoms. The molecule has 1 aromatic heterocycles. The Kier molecular flexibility index (Phi) is 4.14. The summed E-state index contributed by atoms with van der Waals surface area (Å²) in [7, 11) is 0. The van der Waals surface area contributed by atoms with E-state index in [4.69, 9.17) is 9.15 Å². The summed E-state index contributed by atoms with van der Waals surface area (Å²) < 4.78 is 10.7. The SMILES string of the molecule is Cc1ccc(/C=C2/SC(=O)N(CN3CCOCC3)C2=O)o1. The van der Waals surface area contributed by atoms with Crippen LogP contribution in [0.15, 0.2) is 21.5 Å². The van der Waals surface area contributed by atoms with Crippen molar-refractivity contribution in [3.63, 3.8) is 0 Å². The quantitative estimate of drug-likeness (QED) is 0.795. The van der Waals surface area contributed by atoms with Crippen LogP contribution >= 0.6 is 11.8 Å². The van der Waals surface area contributed by atoms with Crippen LogP contribution in [0.5, 0.6) is 0 Å². The van der Waals surface area contributed by atoms with Gasteiger partial charge in [0.15, 0.2) is 0 Å².